The van der Waals surface area contributed by atoms with Crippen LogP contribution in [0.2, 0.25) is 0 Å². The van der Waals surface area contributed by atoms with Gasteiger partial charge in [0.25, 0.3) is 6.71 Å². The highest BCUT2D eigenvalue weighted by atomic mass is 15.2. The highest BCUT2D eigenvalue weighted by molar-refractivity contribution is 7.00. The minimum absolute atomic E-state index is 0.0189. The average Bonchev–Trinajstić information content (AvgIpc) is 1.41. The lowest BCUT2D eigenvalue weighted by molar-refractivity contribution is 0.568. The standard InChI is InChI=1S/C102H97BN4/c1-97(2,3)64-47-63(48-65(49-64)98(4,5)6)83-60-91-85(58-82(83)62-33-20-19-21-34-62)103-86-59-84-76-38-25-23-36-74(76)73-35-22-24-37-75(73)80-42-32-43-81-79-41-28-31-46-89(79)107(96(80)81)90(84)61-92(86)106(71-54-68(101(13,14)15)51-69(55-71)102(16,17)18)94-57-72(104-87-44-29-26-39-77(87)78-40-27-30-45-88(78)104)56-93(95(94)103)105(91)70-52-66(99(7,8)9)50-67(53-70)100(10,11)12/h19-61H,1-18H3/i26D,27D,28D,29D,30D,31D,32D,39D,40D,41D,42D,43D,44D,45D,46D. The molecule has 0 aliphatic carbocycles. The summed E-state index contributed by atoms with van der Waals surface area (Å²) in [6, 6.07) is 53.1. The van der Waals surface area contributed by atoms with Crippen molar-refractivity contribution in [2.75, 3.05) is 9.80 Å². The van der Waals surface area contributed by atoms with Crippen molar-refractivity contribution in [2.24, 2.45) is 0 Å². The second-order valence-electron chi connectivity index (χ2n) is 36.0. The summed E-state index contributed by atoms with van der Waals surface area (Å²) >= 11 is 0. The van der Waals surface area contributed by atoms with Crippen LogP contribution in [0.5, 0.6) is 0 Å². The summed E-state index contributed by atoms with van der Waals surface area (Å²) in [6.07, 6.45) is 0. The van der Waals surface area contributed by atoms with Crippen LogP contribution in [0.4, 0.5) is 34.1 Å². The lowest BCUT2D eigenvalue weighted by Gasteiger charge is -2.45. The Balaban J connectivity index is 1.17. The summed E-state index contributed by atoms with van der Waals surface area (Å²) in [5, 5.41) is 3.61. The molecule has 0 fully saturated rings. The third-order valence-corrected chi connectivity index (χ3v) is 22.6. The van der Waals surface area contributed by atoms with Gasteiger partial charge in [0.05, 0.1) is 53.8 Å². The van der Waals surface area contributed by atoms with Crippen LogP contribution in [0.15, 0.2) is 260 Å². The summed E-state index contributed by atoms with van der Waals surface area (Å²) < 4.78 is 151. The molecule has 0 amide bonds. The van der Waals surface area contributed by atoms with E-state index in [1.807, 2.05) is 52.9 Å². The van der Waals surface area contributed by atoms with Crippen molar-refractivity contribution in [1.82, 2.24) is 8.97 Å². The van der Waals surface area contributed by atoms with Crippen molar-refractivity contribution in [3.05, 3.63) is 294 Å². The van der Waals surface area contributed by atoms with E-state index in [0.717, 1.165) is 94.2 Å². The Morgan fingerprint density at radius 1 is 0.271 bits per heavy atom. The smallest absolute Gasteiger partial charge is 0.252 e. The number of nitrogens with zero attached hydrogens (tertiary/aromatic N) is 4. The minimum Gasteiger partial charge on any atom is -0.311 e. The molecule has 0 bridgehead atoms. The maximum absolute atomic E-state index is 10.4. The highest BCUT2D eigenvalue weighted by Crippen LogP contribution is 2.53. The van der Waals surface area contributed by atoms with Crippen LogP contribution in [0.25, 0.3) is 109 Å². The normalized spacial score (nSPS) is 15.6. The zero-order chi connectivity index (χ0) is 87.6. The number of aromatic nitrogens is 2. The van der Waals surface area contributed by atoms with E-state index in [-0.39, 0.29) is 71.9 Å². The quantitative estimate of drug-likeness (QED) is 0.160. The molecule has 4 nitrogen and oxygen atoms in total. The van der Waals surface area contributed by atoms with Gasteiger partial charge < -0.3 is 18.8 Å². The molecule has 16 aromatic rings. The van der Waals surface area contributed by atoms with Gasteiger partial charge in [0.15, 0.2) is 0 Å². The number of hydrogen-bond donors (Lipinski definition) is 0. The summed E-state index contributed by atoms with van der Waals surface area (Å²) in [6.45, 7) is 39.2. The zero-order valence-corrected chi connectivity index (χ0v) is 64.5. The van der Waals surface area contributed by atoms with E-state index in [1.54, 1.807) is 4.57 Å². The van der Waals surface area contributed by atoms with Crippen molar-refractivity contribution in [3.8, 4) is 27.9 Å². The molecule has 0 radical (unpaired) electrons. The fraction of sp³-hybridized carbons (Fsp3) is 0.235. The first kappa shape index (κ1) is 53.0. The summed E-state index contributed by atoms with van der Waals surface area (Å²) in [4.78, 5) is 4.63. The largest absolute Gasteiger partial charge is 0.311 e. The second-order valence-corrected chi connectivity index (χ2v) is 36.0. The highest BCUT2D eigenvalue weighted by Gasteiger charge is 2.46. The molecule has 5 heterocycles. The predicted molar refractivity (Wildman–Crippen MR) is 465 cm³/mol. The molecule has 0 unspecified atom stereocenters. The Hall–Kier alpha value is -10.9. The third kappa shape index (κ3) is 11.0. The van der Waals surface area contributed by atoms with Gasteiger partial charge in [0.2, 0.25) is 0 Å². The number of hydrogen-bond acceptors (Lipinski definition) is 2. The van der Waals surface area contributed by atoms with Gasteiger partial charge in [0, 0.05) is 66.4 Å². The molecule has 107 heavy (non-hydrogen) atoms. The van der Waals surface area contributed by atoms with Crippen LogP contribution >= 0.6 is 0 Å². The fourth-order valence-electron chi connectivity index (χ4n) is 16.7. The van der Waals surface area contributed by atoms with Crippen LogP contribution in [0.1, 0.15) is 179 Å². The lowest BCUT2D eigenvalue weighted by Crippen LogP contribution is -2.61. The number of fused-ring (bicyclic) bond motifs is 17. The molecule has 5 heteroatoms. The Bertz CT molecular complexity index is 7230. The van der Waals surface area contributed by atoms with E-state index in [1.165, 1.54) is 0 Å². The lowest BCUT2D eigenvalue weighted by atomic mass is 9.33. The van der Waals surface area contributed by atoms with Crippen molar-refractivity contribution >= 4 is 139 Å². The molecule has 0 spiro atoms. The van der Waals surface area contributed by atoms with Crippen molar-refractivity contribution in [1.29, 1.82) is 0 Å². The van der Waals surface area contributed by atoms with Crippen molar-refractivity contribution in [2.45, 2.75) is 157 Å². The van der Waals surface area contributed by atoms with Crippen LogP contribution in [-0.4, -0.2) is 15.7 Å². The van der Waals surface area contributed by atoms with E-state index in [9.17, 15) is 20.6 Å². The molecule has 528 valence electrons. The molecule has 0 atom stereocenters. The van der Waals surface area contributed by atoms with E-state index in [2.05, 4.69) is 256 Å². The molecule has 0 saturated heterocycles. The van der Waals surface area contributed by atoms with Gasteiger partial charge in [-0.2, -0.15) is 0 Å². The van der Waals surface area contributed by atoms with Gasteiger partial charge in [-0.05, 0) is 193 Å². The first-order valence-corrected chi connectivity index (χ1v) is 37.5. The summed E-state index contributed by atoms with van der Waals surface area (Å²) in [7, 11) is 0. The van der Waals surface area contributed by atoms with Crippen LogP contribution in [0.3, 0.4) is 0 Å². The second kappa shape index (κ2) is 23.8. The van der Waals surface area contributed by atoms with Gasteiger partial charge in [-0.3, -0.25) is 0 Å². The summed E-state index contributed by atoms with van der Waals surface area (Å²) in [5.41, 5.74) is 15.2. The van der Waals surface area contributed by atoms with E-state index < -0.39 is 107 Å². The van der Waals surface area contributed by atoms with Crippen molar-refractivity contribution in [3.63, 3.8) is 0 Å². The first-order chi connectivity index (χ1) is 57.1. The number of para-hydroxylation sites is 4. The third-order valence-electron chi connectivity index (χ3n) is 22.6. The Morgan fingerprint density at radius 2 is 0.636 bits per heavy atom. The minimum atomic E-state index is -0.795. The number of benzene rings is 13. The van der Waals surface area contributed by atoms with Gasteiger partial charge in [0.1, 0.15) is 0 Å². The number of anilines is 6. The monoisotopic (exact) mass is 1400 g/mol. The van der Waals surface area contributed by atoms with E-state index in [4.69, 9.17) is 0 Å². The number of rotatable bonds is 5. The Labute approximate surface area is 653 Å². The van der Waals surface area contributed by atoms with Gasteiger partial charge in [-0.25, -0.2) is 0 Å². The maximum atomic E-state index is 10.4. The fourth-order valence-corrected chi connectivity index (χ4v) is 16.7. The van der Waals surface area contributed by atoms with Crippen LogP contribution in [0, 0.1) is 0 Å². The molecular weight excluding hydrogens is 1290 g/mol. The van der Waals surface area contributed by atoms with E-state index >= 15 is 0 Å². The molecule has 0 saturated carbocycles. The molecule has 2 aliphatic rings. The molecule has 2 aliphatic heterocycles. The maximum Gasteiger partial charge on any atom is 0.252 e. The predicted octanol–water partition coefficient (Wildman–Crippen LogP) is 26.6. The molecular formula is C102H97BN4. The van der Waals surface area contributed by atoms with E-state index in [0.29, 0.717) is 50.1 Å². The van der Waals surface area contributed by atoms with Crippen molar-refractivity contribution < 1.29 is 20.6 Å². The molecule has 0 N–H and O–H groups in total. The van der Waals surface area contributed by atoms with Crippen LogP contribution in [-0.2, 0) is 32.5 Å². The topological polar surface area (TPSA) is 15.8 Å². The zero-order valence-electron chi connectivity index (χ0n) is 79.5. The van der Waals surface area contributed by atoms with Gasteiger partial charge in [-0.1, -0.05) is 318 Å². The molecule has 18 rings (SSSR count). The SMILES string of the molecule is [2H]c1c([2H])c([2H])c2c(c1[2H])c1c([2H])c([2H])c([2H])c([2H])c1n2-c1cc2c3c(c1)N(c1cc(C(C)(C)C)cc(C(C)(C)C)c1)c1cc4c(cc1B3c1cc(-c3ccccc3)c(-c3cc(C(C)(C)C)cc(C(C)(C)C)c3)cc1N2c1cc(C(C)(C)C)cc(C(C)(C)C)c1)c1ccccc1c1ccccc1c1c([2H])c([2H])c([2H])c2c3c([2H])c([2H])c([2H])c([2H])c3n4c12. The summed E-state index contributed by atoms with van der Waals surface area (Å²) in [5.74, 6) is 0. The first-order valence-electron chi connectivity index (χ1n) is 45.0. The average molecular weight is 1400 g/mol. The Kier molecular flexibility index (Phi) is 11.8. The Morgan fingerprint density at radius 3 is 1.10 bits per heavy atom. The van der Waals surface area contributed by atoms with Gasteiger partial charge >= 0.3 is 0 Å². The molecule has 3 aromatic heterocycles. The van der Waals surface area contributed by atoms with Crippen LogP contribution < -0.4 is 26.2 Å². The van der Waals surface area contributed by atoms with Gasteiger partial charge in [-0.15, -0.1) is 0 Å². The molecule has 13 aromatic carbocycles.